The summed E-state index contributed by atoms with van der Waals surface area (Å²) in [5.41, 5.74) is 1.36. The molecule has 0 radical (unpaired) electrons. The van der Waals surface area contributed by atoms with Crippen molar-refractivity contribution in [2.75, 3.05) is 24.8 Å². The van der Waals surface area contributed by atoms with Crippen LogP contribution in [0.4, 0.5) is 5.69 Å². The minimum atomic E-state index is -3.27. The SMILES string of the molecule is CS(=O)(=O)c1ccc(-n2nnnc2CNc2cc(Cl)ccc2OCC2CCCO2)cc1. The Hall–Kier alpha value is -2.69. The number of ether oxygens (including phenoxy) is 2. The Morgan fingerprint density at radius 3 is 2.77 bits per heavy atom. The first-order chi connectivity index (χ1) is 14.9. The number of sulfone groups is 1. The maximum Gasteiger partial charge on any atom is 0.175 e. The first-order valence-electron chi connectivity index (χ1n) is 9.76. The molecule has 3 aromatic rings. The van der Waals surface area contributed by atoms with Crippen LogP contribution in [0.25, 0.3) is 5.69 Å². The van der Waals surface area contributed by atoms with Crippen molar-refractivity contribution < 1.29 is 17.9 Å². The van der Waals surface area contributed by atoms with E-state index in [0.717, 1.165) is 25.7 Å². The molecule has 9 nitrogen and oxygen atoms in total. The fourth-order valence-electron chi connectivity index (χ4n) is 3.25. The van der Waals surface area contributed by atoms with Crippen molar-refractivity contribution >= 4 is 27.1 Å². The summed E-state index contributed by atoms with van der Waals surface area (Å²) < 4.78 is 36.4. The predicted molar refractivity (Wildman–Crippen MR) is 116 cm³/mol. The number of anilines is 1. The number of nitrogens with one attached hydrogen (secondary N) is 1. The molecule has 1 aromatic heterocycles. The molecule has 1 aliphatic heterocycles. The van der Waals surface area contributed by atoms with E-state index >= 15 is 0 Å². The molecular weight excluding hydrogens is 442 g/mol. The van der Waals surface area contributed by atoms with E-state index in [0.29, 0.717) is 41.1 Å². The van der Waals surface area contributed by atoms with Gasteiger partial charge in [0.25, 0.3) is 0 Å². The molecule has 4 rings (SSSR count). The van der Waals surface area contributed by atoms with Gasteiger partial charge in [-0.2, -0.15) is 4.68 Å². The van der Waals surface area contributed by atoms with Crippen molar-refractivity contribution in [2.24, 2.45) is 0 Å². The summed E-state index contributed by atoms with van der Waals surface area (Å²) in [6.07, 6.45) is 3.31. The third-order valence-corrected chi connectivity index (χ3v) is 6.23. The summed E-state index contributed by atoms with van der Waals surface area (Å²) in [6.45, 7) is 1.55. The fraction of sp³-hybridized carbons (Fsp3) is 0.350. The van der Waals surface area contributed by atoms with Gasteiger partial charge in [-0.3, -0.25) is 0 Å². The highest BCUT2D eigenvalue weighted by Crippen LogP contribution is 2.29. The Morgan fingerprint density at radius 2 is 2.06 bits per heavy atom. The van der Waals surface area contributed by atoms with Gasteiger partial charge in [0.05, 0.1) is 28.9 Å². The average molecular weight is 464 g/mol. The van der Waals surface area contributed by atoms with Gasteiger partial charge in [0.1, 0.15) is 12.4 Å². The Bertz CT molecular complexity index is 1140. The number of aromatic nitrogens is 4. The zero-order chi connectivity index (χ0) is 21.8. The van der Waals surface area contributed by atoms with E-state index in [-0.39, 0.29) is 11.0 Å². The molecule has 2 heterocycles. The molecule has 1 saturated heterocycles. The summed E-state index contributed by atoms with van der Waals surface area (Å²) in [7, 11) is -3.27. The zero-order valence-electron chi connectivity index (χ0n) is 16.9. The third kappa shape index (κ3) is 5.33. The van der Waals surface area contributed by atoms with Gasteiger partial charge >= 0.3 is 0 Å². The van der Waals surface area contributed by atoms with Crippen molar-refractivity contribution in [3.05, 3.63) is 53.3 Å². The van der Waals surface area contributed by atoms with Crippen LogP contribution in [0.15, 0.2) is 47.4 Å². The number of rotatable bonds is 8. The molecule has 11 heteroatoms. The minimum Gasteiger partial charge on any atom is -0.489 e. The number of benzene rings is 2. The number of tetrazole rings is 1. The molecule has 0 saturated carbocycles. The van der Waals surface area contributed by atoms with Crippen LogP contribution in [0.5, 0.6) is 5.75 Å². The smallest absolute Gasteiger partial charge is 0.175 e. The Morgan fingerprint density at radius 1 is 1.26 bits per heavy atom. The second-order valence-electron chi connectivity index (χ2n) is 7.21. The highest BCUT2D eigenvalue weighted by atomic mass is 35.5. The maximum absolute atomic E-state index is 11.7. The number of halogens is 1. The lowest BCUT2D eigenvalue weighted by molar-refractivity contribution is 0.0682. The van der Waals surface area contributed by atoms with E-state index < -0.39 is 9.84 Å². The van der Waals surface area contributed by atoms with Gasteiger partial charge < -0.3 is 14.8 Å². The maximum atomic E-state index is 11.7. The van der Waals surface area contributed by atoms with Crippen molar-refractivity contribution in [3.63, 3.8) is 0 Å². The summed E-state index contributed by atoms with van der Waals surface area (Å²) in [5, 5.41) is 15.7. The lowest BCUT2D eigenvalue weighted by Gasteiger charge is -2.16. The van der Waals surface area contributed by atoms with E-state index in [1.165, 1.54) is 16.8 Å². The molecule has 0 spiro atoms. The van der Waals surface area contributed by atoms with Crippen molar-refractivity contribution in [2.45, 2.75) is 30.4 Å². The molecule has 164 valence electrons. The molecule has 2 aromatic carbocycles. The van der Waals surface area contributed by atoms with E-state index in [1.807, 2.05) is 6.07 Å². The van der Waals surface area contributed by atoms with Crippen LogP contribution in [0.1, 0.15) is 18.7 Å². The Labute approximate surface area is 185 Å². The molecular formula is C20H22ClN5O4S. The average Bonchev–Trinajstić information content (AvgIpc) is 3.43. The van der Waals surface area contributed by atoms with Gasteiger partial charge in [-0.15, -0.1) is 5.10 Å². The van der Waals surface area contributed by atoms with Crippen LogP contribution in [0, 0.1) is 0 Å². The highest BCUT2D eigenvalue weighted by Gasteiger charge is 2.17. The van der Waals surface area contributed by atoms with E-state index in [9.17, 15) is 8.42 Å². The third-order valence-electron chi connectivity index (χ3n) is 4.87. The second kappa shape index (κ2) is 9.21. The number of hydrogen-bond acceptors (Lipinski definition) is 8. The van der Waals surface area contributed by atoms with Gasteiger partial charge in [0.2, 0.25) is 0 Å². The van der Waals surface area contributed by atoms with E-state index in [1.54, 1.807) is 24.3 Å². The van der Waals surface area contributed by atoms with Crippen molar-refractivity contribution in [1.82, 2.24) is 20.2 Å². The second-order valence-corrected chi connectivity index (χ2v) is 9.67. The van der Waals surface area contributed by atoms with Crippen molar-refractivity contribution in [3.8, 4) is 11.4 Å². The molecule has 1 atom stereocenters. The molecule has 31 heavy (non-hydrogen) atoms. The molecule has 1 N–H and O–H groups in total. The summed E-state index contributed by atoms with van der Waals surface area (Å²) in [4.78, 5) is 0.232. The fourth-order valence-corrected chi connectivity index (χ4v) is 4.05. The van der Waals surface area contributed by atoms with Crippen LogP contribution >= 0.6 is 11.6 Å². The van der Waals surface area contributed by atoms with Gasteiger partial charge in [-0.25, -0.2) is 8.42 Å². The van der Waals surface area contributed by atoms with Gasteiger partial charge in [0.15, 0.2) is 15.7 Å². The first kappa shape index (κ1) is 21.5. The molecule has 1 aliphatic rings. The van der Waals surface area contributed by atoms with Gasteiger partial charge in [0, 0.05) is 17.9 Å². The van der Waals surface area contributed by atoms with Crippen LogP contribution < -0.4 is 10.1 Å². The van der Waals surface area contributed by atoms with Crippen LogP contribution in [0.2, 0.25) is 5.02 Å². The lowest BCUT2D eigenvalue weighted by Crippen LogP contribution is -2.17. The van der Waals surface area contributed by atoms with Crippen LogP contribution in [0.3, 0.4) is 0 Å². The predicted octanol–water partition coefficient (Wildman–Crippen LogP) is 2.89. The lowest BCUT2D eigenvalue weighted by atomic mass is 10.2. The van der Waals surface area contributed by atoms with Crippen molar-refractivity contribution in [1.29, 1.82) is 0 Å². The van der Waals surface area contributed by atoms with E-state index in [4.69, 9.17) is 21.1 Å². The molecule has 1 fully saturated rings. The molecule has 0 aliphatic carbocycles. The molecule has 0 bridgehead atoms. The van der Waals surface area contributed by atoms with Crippen LogP contribution in [-0.4, -0.2) is 54.2 Å². The number of hydrogen-bond donors (Lipinski definition) is 1. The standard InChI is InChI=1S/C20H22ClN5O4S/c1-31(27,28)17-7-5-15(6-8-17)26-20(23-24-25-26)12-22-18-11-14(21)4-9-19(18)30-13-16-3-2-10-29-16/h4-9,11,16,22H,2-3,10,12-13H2,1H3. The van der Waals surface area contributed by atoms with Gasteiger partial charge in [-0.1, -0.05) is 11.6 Å². The van der Waals surface area contributed by atoms with Gasteiger partial charge in [-0.05, 0) is 65.7 Å². The summed E-state index contributed by atoms with van der Waals surface area (Å²) in [5.74, 6) is 1.20. The largest absolute Gasteiger partial charge is 0.489 e. The number of nitrogens with zero attached hydrogens (tertiary/aromatic N) is 4. The van der Waals surface area contributed by atoms with Crippen LogP contribution in [-0.2, 0) is 21.1 Å². The minimum absolute atomic E-state index is 0.103. The first-order valence-corrected chi connectivity index (χ1v) is 12.0. The monoisotopic (exact) mass is 463 g/mol. The molecule has 0 amide bonds. The Balaban J connectivity index is 1.48. The summed E-state index contributed by atoms with van der Waals surface area (Å²) in [6, 6.07) is 11.7. The Kier molecular flexibility index (Phi) is 6.40. The normalized spacial score (nSPS) is 16.4. The zero-order valence-corrected chi connectivity index (χ0v) is 18.4. The summed E-state index contributed by atoms with van der Waals surface area (Å²) >= 11 is 6.17. The van der Waals surface area contributed by atoms with E-state index in [2.05, 4.69) is 20.8 Å². The topological polar surface area (TPSA) is 108 Å². The quantitative estimate of drug-likeness (QED) is 0.543. The highest BCUT2D eigenvalue weighted by molar-refractivity contribution is 7.90. The molecule has 1 unspecified atom stereocenters.